The molecule has 0 saturated carbocycles. The average Bonchev–Trinajstić information content (AvgIpc) is 2.37. The van der Waals surface area contributed by atoms with E-state index in [2.05, 4.69) is 0 Å². The summed E-state index contributed by atoms with van der Waals surface area (Å²) in [6, 6.07) is 4.21. The Morgan fingerprint density at radius 2 is 2.05 bits per heavy atom. The van der Waals surface area contributed by atoms with Crippen LogP contribution in [0.25, 0.3) is 0 Å². The molecule has 5 nitrogen and oxygen atoms in total. The molecule has 0 aliphatic carbocycles. The summed E-state index contributed by atoms with van der Waals surface area (Å²) in [5.74, 6) is -0.575. The van der Waals surface area contributed by atoms with Gasteiger partial charge in [0.1, 0.15) is 5.75 Å². The van der Waals surface area contributed by atoms with Gasteiger partial charge in [-0.05, 0) is 36.6 Å². The fourth-order valence-corrected chi connectivity index (χ4v) is 2.24. The highest BCUT2D eigenvalue weighted by Gasteiger charge is 2.29. The van der Waals surface area contributed by atoms with Gasteiger partial charge < -0.3 is 14.7 Å². The molecule has 1 amide bonds. The summed E-state index contributed by atoms with van der Waals surface area (Å²) in [4.78, 5) is 24.6. The molecule has 0 radical (unpaired) electrons. The summed E-state index contributed by atoms with van der Waals surface area (Å²) in [6.45, 7) is 5.56. The van der Waals surface area contributed by atoms with Gasteiger partial charge in [0, 0.05) is 13.5 Å². The van der Waals surface area contributed by atoms with Crippen molar-refractivity contribution in [3.8, 4) is 5.75 Å². The number of rotatable bonds is 6. The first-order valence-electron chi connectivity index (χ1n) is 6.56. The molecule has 0 aromatic heterocycles. The van der Waals surface area contributed by atoms with Crippen molar-refractivity contribution in [1.82, 2.24) is 4.90 Å². The number of ether oxygens (including phenoxy) is 1. The number of methoxy groups -OCH3 is 1. The van der Waals surface area contributed by atoms with Crippen LogP contribution in [0, 0.1) is 6.92 Å². The van der Waals surface area contributed by atoms with Gasteiger partial charge in [0.05, 0.1) is 7.11 Å². The lowest BCUT2D eigenvalue weighted by atomic mass is 10.0. The molecule has 1 aromatic carbocycles. The number of aliphatic carboxylic acids is 1. The lowest BCUT2D eigenvalue weighted by molar-refractivity contribution is -0.149. The number of aryl methyl sites for hydroxylation is 1. The Bertz CT molecular complexity index is 499. The summed E-state index contributed by atoms with van der Waals surface area (Å²) in [5, 5.41) is 9.46. The van der Waals surface area contributed by atoms with Crippen molar-refractivity contribution in [2.75, 3.05) is 13.7 Å². The monoisotopic (exact) mass is 279 g/mol. The first-order valence-corrected chi connectivity index (χ1v) is 6.56. The minimum atomic E-state index is -1.03. The number of carbonyl (C=O) groups is 2. The highest BCUT2D eigenvalue weighted by molar-refractivity contribution is 5.83. The maximum Gasteiger partial charge on any atom is 0.331 e. The van der Waals surface area contributed by atoms with Crippen LogP contribution in [0.1, 0.15) is 37.4 Å². The third kappa shape index (κ3) is 3.50. The van der Waals surface area contributed by atoms with Crippen molar-refractivity contribution in [3.63, 3.8) is 0 Å². The zero-order valence-corrected chi connectivity index (χ0v) is 12.3. The van der Waals surface area contributed by atoms with Gasteiger partial charge in [-0.2, -0.15) is 0 Å². The maximum atomic E-state index is 11.7. The second kappa shape index (κ2) is 6.93. The zero-order valence-electron chi connectivity index (χ0n) is 12.3. The molecule has 20 heavy (non-hydrogen) atoms. The number of carboxylic acids is 1. The molecular weight excluding hydrogens is 258 g/mol. The summed E-state index contributed by atoms with van der Waals surface area (Å²) >= 11 is 0. The summed E-state index contributed by atoms with van der Waals surface area (Å²) in [5.41, 5.74) is 1.43. The Balaban J connectivity index is 3.22. The van der Waals surface area contributed by atoms with Gasteiger partial charge >= 0.3 is 5.97 Å². The van der Waals surface area contributed by atoms with E-state index in [0.717, 1.165) is 5.56 Å². The van der Waals surface area contributed by atoms with E-state index in [9.17, 15) is 14.7 Å². The van der Waals surface area contributed by atoms with E-state index >= 15 is 0 Å². The number of carbonyl (C=O) groups excluding carboxylic acids is 1. The molecule has 5 heteroatoms. The molecule has 1 aromatic rings. The summed E-state index contributed by atoms with van der Waals surface area (Å²) in [7, 11) is 1.57. The third-order valence-electron chi connectivity index (χ3n) is 3.15. The van der Waals surface area contributed by atoms with E-state index in [1.54, 1.807) is 25.3 Å². The second-order valence-electron chi connectivity index (χ2n) is 4.68. The Morgan fingerprint density at radius 1 is 1.40 bits per heavy atom. The van der Waals surface area contributed by atoms with Gasteiger partial charge in [0.2, 0.25) is 5.91 Å². The molecule has 1 rings (SSSR count). The molecule has 0 aliphatic heterocycles. The molecule has 110 valence electrons. The van der Waals surface area contributed by atoms with Crippen molar-refractivity contribution in [2.24, 2.45) is 0 Å². The molecule has 1 unspecified atom stereocenters. The van der Waals surface area contributed by atoms with Crippen LogP contribution in [-0.2, 0) is 9.59 Å². The standard InChI is InChI=1S/C15H21NO4/c1-5-8-16(11(3)17)14(15(18)19)12-6-7-13(20-4)10(2)9-12/h6-7,9,14H,5,8H2,1-4H3,(H,18,19). The molecule has 0 bridgehead atoms. The predicted molar refractivity (Wildman–Crippen MR) is 75.8 cm³/mol. The number of benzene rings is 1. The number of amides is 1. The Morgan fingerprint density at radius 3 is 2.45 bits per heavy atom. The van der Waals surface area contributed by atoms with Gasteiger partial charge in [-0.1, -0.05) is 13.0 Å². The first-order chi connectivity index (χ1) is 9.42. The van der Waals surface area contributed by atoms with Crippen LogP contribution >= 0.6 is 0 Å². The van der Waals surface area contributed by atoms with Crippen LogP contribution in [0.4, 0.5) is 0 Å². The van der Waals surface area contributed by atoms with Crippen molar-refractivity contribution in [2.45, 2.75) is 33.2 Å². The van der Waals surface area contributed by atoms with E-state index in [-0.39, 0.29) is 5.91 Å². The van der Waals surface area contributed by atoms with Gasteiger partial charge in [-0.3, -0.25) is 4.79 Å². The summed E-state index contributed by atoms with van der Waals surface area (Å²) < 4.78 is 5.17. The van der Waals surface area contributed by atoms with Crippen molar-refractivity contribution < 1.29 is 19.4 Å². The SMILES string of the molecule is CCCN(C(C)=O)C(C(=O)O)c1ccc(OC)c(C)c1. The highest BCUT2D eigenvalue weighted by atomic mass is 16.5. The lowest BCUT2D eigenvalue weighted by Crippen LogP contribution is -2.38. The van der Waals surface area contributed by atoms with Crippen molar-refractivity contribution in [1.29, 1.82) is 0 Å². The topological polar surface area (TPSA) is 66.8 Å². The molecule has 1 N–H and O–H groups in total. The van der Waals surface area contributed by atoms with Crippen molar-refractivity contribution in [3.05, 3.63) is 29.3 Å². The molecule has 1 atom stereocenters. The van der Waals surface area contributed by atoms with Crippen LogP contribution in [0.5, 0.6) is 5.75 Å². The molecule has 0 heterocycles. The van der Waals surface area contributed by atoms with Gasteiger partial charge in [0.25, 0.3) is 0 Å². The van der Waals surface area contributed by atoms with E-state index < -0.39 is 12.0 Å². The van der Waals surface area contributed by atoms with E-state index in [4.69, 9.17) is 4.74 Å². The maximum absolute atomic E-state index is 11.7. The minimum absolute atomic E-state index is 0.243. The van der Waals surface area contributed by atoms with Crippen LogP contribution in [0.15, 0.2) is 18.2 Å². The smallest absolute Gasteiger partial charge is 0.331 e. The quantitative estimate of drug-likeness (QED) is 0.868. The van der Waals surface area contributed by atoms with E-state index in [1.165, 1.54) is 11.8 Å². The first kappa shape index (κ1) is 16.0. The van der Waals surface area contributed by atoms with Gasteiger partial charge in [0.15, 0.2) is 6.04 Å². The lowest BCUT2D eigenvalue weighted by Gasteiger charge is -2.28. The fourth-order valence-electron chi connectivity index (χ4n) is 2.24. The molecule has 0 saturated heterocycles. The Kier molecular flexibility index (Phi) is 5.55. The predicted octanol–water partition coefficient (Wildman–Crippen LogP) is 2.39. The Labute approximate surface area is 119 Å². The zero-order chi connectivity index (χ0) is 15.3. The van der Waals surface area contributed by atoms with Gasteiger partial charge in [-0.15, -0.1) is 0 Å². The van der Waals surface area contributed by atoms with Gasteiger partial charge in [-0.25, -0.2) is 4.79 Å². The Hall–Kier alpha value is -2.04. The van der Waals surface area contributed by atoms with E-state index in [1.807, 2.05) is 13.8 Å². The van der Waals surface area contributed by atoms with Crippen LogP contribution in [0.3, 0.4) is 0 Å². The third-order valence-corrected chi connectivity index (χ3v) is 3.15. The minimum Gasteiger partial charge on any atom is -0.496 e. The highest BCUT2D eigenvalue weighted by Crippen LogP contribution is 2.27. The van der Waals surface area contributed by atoms with Crippen LogP contribution in [0.2, 0.25) is 0 Å². The van der Waals surface area contributed by atoms with E-state index in [0.29, 0.717) is 24.3 Å². The molecule has 0 aliphatic rings. The summed E-state index contributed by atoms with van der Waals surface area (Å²) in [6.07, 6.45) is 0.707. The second-order valence-corrected chi connectivity index (χ2v) is 4.68. The largest absolute Gasteiger partial charge is 0.496 e. The van der Waals surface area contributed by atoms with Crippen molar-refractivity contribution >= 4 is 11.9 Å². The number of nitrogens with zero attached hydrogens (tertiary/aromatic N) is 1. The molecule has 0 spiro atoms. The number of carboxylic acid groups (broad SMARTS) is 1. The molecular formula is C15H21NO4. The van der Waals surface area contributed by atoms with Crippen LogP contribution in [-0.4, -0.2) is 35.5 Å². The number of hydrogen-bond acceptors (Lipinski definition) is 3. The van der Waals surface area contributed by atoms with Crippen LogP contribution < -0.4 is 4.74 Å². The molecule has 0 fully saturated rings. The average molecular weight is 279 g/mol. The fraction of sp³-hybridized carbons (Fsp3) is 0.467. The number of hydrogen-bond donors (Lipinski definition) is 1. The normalized spacial score (nSPS) is 11.8.